The quantitative estimate of drug-likeness (QED) is 0.381. The van der Waals surface area contributed by atoms with Crippen molar-refractivity contribution >= 4 is 28.4 Å². The van der Waals surface area contributed by atoms with Gasteiger partial charge in [-0.25, -0.2) is 9.97 Å². The van der Waals surface area contributed by atoms with Crippen molar-refractivity contribution < 1.29 is 4.79 Å². The van der Waals surface area contributed by atoms with Crippen LogP contribution in [0.25, 0.3) is 10.9 Å². The van der Waals surface area contributed by atoms with Crippen LogP contribution < -0.4 is 0 Å². The third-order valence-electron chi connectivity index (χ3n) is 4.72. The predicted molar refractivity (Wildman–Crippen MR) is 102 cm³/mol. The molecule has 2 heterocycles. The third kappa shape index (κ3) is 3.09. The van der Waals surface area contributed by atoms with Crippen LogP contribution in [0, 0.1) is 20.8 Å². The summed E-state index contributed by atoms with van der Waals surface area (Å²) in [6, 6.07) is 10.6. The second kappa shape index (κ2) is 6.30. The summed E-state index contributed by atoms with van der Waals surface area (Å²) in [6.45, 7) is 6.05. The molecule has 25 heavy (non-hydrogen) atoms. The zero-order chi connectivity index (χ0) is 17.6. The SMILES string of the molecule is Cc1nc(SCC(=O)c2cc(C)n(C3CC3)c2C)c2ccccc2n1. The molecule has 0 radical (unpaired) electrons. The number of carbonyl (C=O) groups is 1. The minimum Gasteiger partial charge on any atom is -0.345 e. The van der Waals surface area contributed by atoms with Gasteiger partial charge in [-0.15, -0.1) is 0 Å². The molecule has 0 aliphatic heterocycles. The van der Waals surface area contributed by atoms with E-state index in [1.807, 2.05) is 37.3 Å². The number of fused-ring (bicyclic) bond motifs is 1. The first-order valence-corrected chi connectivity index (χ1v) is 9.61. The fraction of sp³-hybridized carbons (Fsp3) is 0.350. The Labute approximate surface area is 151 Å². The van der Waals surface area contributed by atoms with Crippen LogP contribution in [0.3, 0.4) is 0 Å². The van der Waals surface area contributed by atoms with Crippen LogP contribution in [-0.4, -0.2) is 26.1 Å². The van der Waals surface area contributed by atoms with E-state index in [4.69, 9.17) is 0 Å². The van der Waals surface area contributed by atoms with Gasteiger partial charge in [0.25, 0.3) is 0 Å². The van der Waals surface area contributed by atoms with Crippen molar-refractivity contribution in [1.82, 2.24) is 14.5 Å². The molecule has 5 heteroatoms. The van der Waals surface area contributed by atoms with Gasteiger partial charge in [-0.3, -0.25) is 4.79 Å². The van der Waals surface area contributed by atoms with Crippen molar-refractivity contribution in [3.63, 3.8) is 0 Å². The Morgan fingerprint density at radius 1 is 1.20 bits per heavy atom. The molecule has 2 aromatic heterocycles. The van der Waals surface area contributed by atoms with Crippen molar-refractivity contribution in [3.8, 4) is 0 Å². The van der Waals surface area contributed by atoms with Crippen LogP contribution in [-0.2, 0) is 0 Å². The maximum Gasteiger partial charge on any atom is 0.174 e. The highest BCUT2D eigenvalue weighted by Crippen LogP contribution is 2.38. The topological polar surface area (TPSA) is 47.8 Å². The number of hydrogen-bond donors (Lipinski definition) is 0. The number of para-hydroxylation sites is 1. The molecule has 3 aromatic rings. The van der Waals surface area contributed by atoms with Crippen molar-refractivity contribution in [2.24, 2.45) is 0 Å². The fourth-order valence-corrected chi connectivity index (χ4v) is 4.38. The summed E-state index contributed by atoms with van der Waals surface area (Å²) in [5, 5.41) is 1.89. The van der Waals surface area contributed by atoms with E-state index in [9.17, 15) is 4.79 Å². The highest BCUT2D eigenvalue weighted by atomic mass is 32.2. The summed E-state index contributed by atoms with van der Waals surface area (Å²) in [4.78, 5) is 21.8. The Morgan fingerprint density at radius 2 is 1.96 bits per heavy atom. The first kappa shape index (κ1) is 16.3. The number of ketones is 1. The number of thioether (sulfide) groups is 1. The van der Waals surface area contributed by atoms with Gasteiger partial charge in [0.15, 0.2) is 5.78 Å². The summed E-state index contributed by atoms with van der Waals surface area (Å²) >= 11 is 1.50. The molecule has 1 aromatic carbocycles. The van der Waals surface area contributed by atoms with Gasteiger partial charge in [0, 0.05) is 28.4 Å². The van der Waals surface area contributed by atoms with Crippen molar-refractivity contribution in [2.45, 2.75) is 44.7 Å². The molecule has 1 aliphatic rings. The molecule has 0 unspecified atom stereocenters. The number of hydrogen-bond acceptors (Lipinski definition) is 4. The number of Topliss-reactive ketones (excluding diaryl/α,β-unsaturated/α-hetero) is 1. The van der Waals surface area contributed by atoms with Crippen LogP contribution >= 0.6 is 11.8 Å². The Hall–Kier alpha value is -2.14. The van der Waals surface area contributed by atoms with Crippen LogP contribution in [0.5, 0.6) is 0 Å². The number of carbonyl (C=O) groups excluding carboxylic acids is 1. The number of benzene rings is 1. The summed E-state index contributed by atoms with van der Waals surface area (Å²) in [5.74, 6) is 1.31. The second-order valence-corrected chi connectivity index (χ2v) is 7.66. The first-order valence-electron chi connectivity index (χ1n) is 8.62. The number of rotatable bonds is 5. The zero-order valence-corrected chi connectivity index (χ0v) is 15.6. The van der Waals surface area contributed by atoms with Gasteiger partial charge < -0.3 is 4.57 Å². The highest BCUT2D eigenvalue weighted by Gasteiger charge is 2.28. The third-order valence-corrected chi connectivity index (χ3v) is 5.71. The standard InChI is InChI=1S/C20H21N3OS/c1-12-10-17(13(2)23(12)15-8-9-15)19(24)11-25-20-16-6-4-5-7-18(16)21-14(3)22-20/h4-7,10,15H,8-9,11H2,1-3H3. The lowest BCUT2D eigenvalue weighted by atomic mass is 10.2. The Balaban J connectivity index is 1.58. The average molecular weight is 351 g/mol. The molecule has 128 valence electrons. The van der Waals surface area contributed by atoms with Crippen molar-refractivity contribution in [2.75, 3.05) is 5.75 Å². The minimum atomic E-state index is 0.172. The number of nitrogens with zero attached hydrogens (tertiary/aromatic N) is 3. The lowest BCUT2D eigenvalue weighted by Crippen LogP contribution is -2.06. The van der Waals surface area contributed by atoms with Crippen molar-refractivity contribution in [3.05, 3.63) is 53.1 Å². The summed E-state index contributed by atoms with van der Waals surface area (Å²) in [5.41, 5.74) is 4.08. The molecule has 4 nitrogen and oxygen atoms in total. The molecule has 0 amide bonds. The molecular weight excluding hydrogens is 330 g/mol. The Bertz CT molecular complexity index is 972. The van der Waals surface area contributed by atoms with Gasteiger partial charge in [-0.2, -0.15) is 0 Å². The summed E-state index contributed by atoms with van der Waals surface area (Å²) in [7, 11) is 0. The van der Waals surface area contributed by atoms with Gasteiger partial charge in [0.05, 0.1) is 11.3 Å². The molecule has 0 saturated heterocycles. The van der Waals surface area contributed by atoms with E-state index < -0.39 is 0 Å². The lowest BCUT2D eigenvalue weighted by Gasteiger charge is -2.08. The minimum absolute atomic E-state index is 0.172. The number of aryl methyl sites for hydroxylation is 2. The van der Waals surface area contributed by atoms with Gasteiger partial charge in [0.2, 0.25) is 0 Å². The fourth-order valence-electron chi connectivity index (χ4n) is 3.43. The molecule has 0 spiro atoms. The lowest BCUT2D eigenvalue weighted by molar-refractivity contribution is 0.102. The second-order valence-electron chi connectivity index (χ2n) is 6.69. The van der Waals surface area contributed by atoms with Gasteiger partial charge in [-0.1, -0.05) is 30.0 Å². The van der Waals surface area contributed by atoms with Gasteiger partial charge in [-0.05, 0) is 45.7 Å². The molecule has 0 bridgehead atoms. The summed E-state index contributed by atoms with van der Waals surface area (Å²) in [6.07, 6.45) is 2.45. The van der Waals surface area contributed by atoms with E-state index >= 15 is 0 Å². The molecule has 1 saturated carbocycles. The van der Waals surface area contributed by atoms with Gasteiger partial charge in [0.1, 0.15) is 10.9 Å². The normalized spacial score (nSPS) is 14.2. The average Bonchev–Trinajstić information content (AvgIpc) is 3.37. The van der Waals surface area contributed by atoms with Crippen molar-refractivity contribution in [1.29, 1.82) is 0 Å². The van der Waals surface area contributed by atoms with E-state index in [0.29, 0.717) is 11.8 Å². The largest absolute Gasteiger partial charge is 0.345 e. The van der Waals surface area contributed by atoms with E-state index in [1.165, 1.54) is 30.3 Å². The smallest absolute Gasteiger partial charge is 0.174 e. The van der Waals surface area contributed by atoms with Gasteiger partial charge >= 0.3 is 0 Å². The molecule has 0 N–H and O–H groups in total. The molecule has 1 aliphatic carbocycles. The Morgan fingerprint density at radius 3 is 2.72 bits per heavy atom. The summed E-state index contributed by atoms with van der Waals surface area (Å²) < 4.78 is 2.32. The van der Waals surface area contributed by atoms with E-state index in [0.717, 1.165) is 33.0 Å². The highest BCUT2D eigenvalue weighted by molar-refractivity contribution is 8.00. The number of aromatic nitrogens is 3. The molecule has 4 rings (SSSR count). The maximum atomic E-state index is 12.8. The molecule has 0 atom stereocenters. The maximum absolute atomic E-state index is 12.8. The van der Waals surface area contributed by atoms with E-state index in [1.54, 1.807) is 0 Å². The molecular formula is C20H21N3OS. The van der Waals surface area contributed by atoms with Crippen LogP contribution in [0.4, 0.5) is 0 Å². The van der Waals surface area contributed by atoms with E-state index in [-0.39, 0.29) is 5.78 Å². The Kier molecular flexibility index (Phi) is 4.12. The predicted octanol–water partition coefficient (Wildman–Crippen LogP) is 4.67. The zero-order valence-electron chi connectivity index (χ0n) is 14.7. The van der Waals surface area contributed by atoms with Crippen LogP contribution in [0.2, 0.25) is 0 Å². The van der Waals surface area contributed by atoms with E-state index in [2.05, 4.69) is 28.4 Å². The first-order chi connectivity index (χ1) is 12.0. The van der Waals surface area contributed by atoms with Crippen LogP contribution in [0.1, 0.15) is 46.5 Å². The van der Waals surface area contributed by atoms with Crippen LogP contribution in [0.15, 0.2) is 35.4 Å². The monoisotopic (exact) mass is 351 g/mol. The molecule has 1 fully saturated rings.